The highest BCUT2D eigenvalue weighted by Crippen LogP contribution is 2.50. The molecule has 1 N–H and O–H groups in total. The lowest BCUT2D eigenvalue weighted by Gasteiger charge is -2.44. The van der Waals surface area contributed by atoms with E-state index >= 15 is 0 Å². The summed E-state index contributed by atoms with van der Waals surface area (Å²) >= 11 is 3.46. The molecule has 3 heterocycles. The summed E-state index contributed by atoms with van der Waals surface area (Å²) in [7, 11) is 1.56. The van der Waals surface area contributed by atoms with Gasteiger partial charge in [-0.25, -0.2) is 9.69 Å². The van der Waals surface area contributed by atoms with Gasteiger partial charge in [-0.15, -0.1) is 0 Å². The number of amides is 4. The molecule has 260 valence electrons. The maximum atomic E-state index is 14.4. The molecule has 0 radical (unpaired) electrons. The molecule has 3 aliphatic rings. The maximum absolute atomic E-state index is 14.4. The molecule has 5 aromatic carbocycles. The van der Waals surface area contributed by atoms with Crippen LogP contribution in [0.25, 0.3) is 6.08 Å². The van der Waals surface area contributed by atoms with Gasteiger partial charge < -0.3 is 14.4 Å². The van der Waals surface area contributed by atoms with E-state index in [0.717, 1.165) is 52.0 Å². The number of anilines is 2. The number of barbiturate groups is 1. The second-order valence-corrected chi connectivity index (χ2v) is 14.2. The van der Waals surface area contributed by atoms with Crippen molar-refractivity contribution in [3.63, 3.8) is 0 Å². The highest BCUT2D eigenvalue weighted by molar-refractivity contribution is 9.10. The largest absolute Gasteiger partial charge is 0.497 e. The molecule has 9 heteroatoms. The van der Waals surface area contributed by atoms with Gasteiger partial charge in [0.25, 0.3) is 11.8 Å². The maximum Gasteiger partial charge on any atom is 0.335 e. The number of urea groups is 1. The summed E-state index contributed by atoms with van der Waals surface area (Å²) in [6.45, 7) is 2.08. The third-order valence-electron chi connectivity index (χ3n) is 10.2. The number of nitrogens with zero attached hydrogens (tertiary/aromatic N) is 2. The average molecular weight is 755 g/mol. The van der Waals surface area contributed by atoms with Gasteiger partial charge in [-0.1, -0.05) is 88.7 Å². The number of rotatable bonds is 8. The van der Waals surface area contributed by atoms with Crippen LogP contribution in [-0.4, -0.2) is 38.0 Å². The van der Waals surface area contributed by atoms with E-state index in [2.05, 4.69) is 50.4 Å². The first-order chi connectivity index (χ1) is 25.4. The Bertz CT molecular complexity index is 2130. The summed E-state index contributed by atoms with van der Waals surface area (Å²) in [6.07, 6.45) is 3.29. The Morgan fingerprint density at radius 1 is 0.788 bits per heavy atom. The van der Waals surface area contributed by atoms with E-state index in [9.17, 15) is 14.4 Å². The van der Waals surface area contributed by atoms with Crippen LogP contribution in [0.15, 0.2) is 125 Å². The van der Waals surface area contributed by atoms with Gasteiger partial charge in [-0.05, 0) is 83.1 Å². The predicted octanol–water partition coefficient (Wildman–Crippen LogP) is 8.58. The minimum Gasteiger partial charge on any atom is -0.497 e. The van der Waals surface area contributed by atoms with Crippen molar-refractivity contribution in [3.05, 3.63) is 159 Å². The Labute approximate surface area is 310 Å². The smallest absolute Gasteiger partial charge is 0.335 e. The molecule has 0 spiro atoms. The molecule has 5 aromatic rings. The summed E-state index contributed by atoms with van der Waals surface area (Å²) in [4.78, 5) is 45.1. The molecule has 2 atom stereocenters. The van der Waals surface area contributed by atoms with Gasteiger partial charge in [0, 0.05) is 46.7 Å². The third kappa shape index (κ3) is 6.37. The zero-order valence-corrected chi connectivity index (χ0v) is 30.1. The van der Waals surface area contributed by atoms with E-state index in [4.69, 9.17) is 9.47 Å². The van der Waals surface area contributed by atoms with E-state index < -0.39 is 17.8 Å². The lowest BCUT2D eigenvalue weighted by molar-refractivity contribution is -0.122. The molecule has 1 saturated heterocycles. The topological polar surface area (TPSA) is 88.2 Å². The molecule has 4 amide bonds. The molecule has 8 nitrogen and oxygen atoms in total. The number of hydrogen-bond acceptors (Lipinski definition) is 6. The standard InChI is InChI=1S/C43H36BrN3O5/c1-51-33-17-14-30(39(25-33)52-26-27-12-15-31(44)16-13-27)22-38-41(48)45-43(50)47(42(38)49)32-23-36-34(28-8-4-2-5-9-28)18-20-46-21-19-35(37(24-32)40(36)46)29-10-6-3-7-11-29/h2-17,22-25,34-35H,18-21,26H2,1H3,(H,45,48,50)/b38-22+/t34-,35-/m1/s1. The number of carbonyl (C=O) groups is 3. The van der Waals surface area contributed by atoms with Gasteiger partial charge in [-0.2, -0.15) is 0 Å². The van der Waals surface area contributed by atoms with Gasteiger partial charge in [0.15, 0.2) is 0 Å². The third-order valence-corrected chi connectivity index (χ3v) is 10.7. The number of hydrogen-bond donors (Lipinski definition) is 1. The van der Waals surface area contributed by atoms with E-state index in [1.54, 1.807) is 25.3 Å². The molecule has 0 bridgehead atoms. The molecule has 1 fully saturated rings. The van der Waals surface area contributed by atoms with Gasteiger partial charge >= 0.3 is 6.03 Å². The van der Waals surface area contributed by atoms with E-state index in [0.29, 0.717) is 22.7 Å². The molecule has 0 unspecified atom stereocenters. The summed E-state index contributed by atoms with van der Waals surface area (Å²) < 4.78 is 12.6. The van der Waals surface area contributed by atoms with Gasteiger partial charge in [-0.3, -0.25) is 14.9 Å². The Kier molecular flexibility index (Phi) is 9.11. The van der Waals surface area contributed by atoms with Crippen molar-refractivity contribution in [2.45, 2.75) is 31.3 Å². The molecule has 52 heavy (non-hydrogen) atoms. The lowest BCUT2D eigenvalue weighted by Crippen LogP contribution is -2.54. The Hall–Kier alpha value is -5.67. The van der Waals surface area contributed by atoms with Crippen LogP contribution in [0, 0.1) is 0 Å². The minimum absolute atomic E-state index is 0.0741. The molecular weight excluding hydrogens is 718 g/mol. The number of methoxy groups -OCH3 is 1. The molecule has 0 aromatic heterocycles. The molecule has 0 saturated carbocycles. The normalized spacial score (nSPS) is 19.0. The van der Waals surface area contributed by atoms with Crippen LogP contribution in [0.1, 0.15) is 58.1 Å². The van der Waals surface area contributed by atoms with Crippen LogP contribution in [-0.2, 0) is 16.2 Å². The van der Waals surface area contributed by atoms with Crippen molar-refractivity contribution in [1.29, 1.82) is 0 Å². The van der Waals surface area contributed by atoms with Crippen molar-refractivity contribution < 1.29 is 23.9 Å². The second-order valence-electron chi connectivity index (χ2n) is 13.2. The number of imide groups is 2. The number of benzene rings is 5. The summed E-state index contributed by atoms with van der Waals surface area (Å²) in [5, 5.41) is 2.44. The van der Waals surface area contributed by atoms with Crippen LogP contribution in [0.4, 0.5) is 16.2 Å². The first kappa shape index (κ1) is 33.5. The van der Waals surface area contributed by atoms with E-state index in [-0.39, 0.29) is 24.0 Å². The fraction of sp³-hybridized carbons (Fsp3) is 0.186. The highest BCUT2D eigenvalue weighted by Gasteiger charge is 2.40. The van der Waals surface area contributed by atoms with Crippen molar-refractivity contribution in [1.82, 2.24) is 5.32 Å². The zero-order chi connectivity index (χ0) is 35.8. The Morgan fingerprint density at radius 3 is 2.00 bits per heavy atom. The fourth-order valence-corrected chi connectivity index (χ4v) is 7.91. The van der Waals surface area contributed by atoms with Crippen molar-refractivity contribution in [2.75, 3.05) is 30.0 Å². The quantitative estimate of drug-likeness (QED) is 0.126. The molecule has 3 aliphatic heterocycles. The number of ether oxygens (including phenoxy) is 2. The SMILES string of the molecule is COc1ccc(/C=C2\C(=O)NC(=O)N(c3cc4c5c(c3)[C@@H](c3ccccc3)CCN5CC[C@@H]4c3ccccc3)C2=O)c(OCc2ccc(Br)cc2)c1. The summed E-state index contributed by atoms with van der Waals surface area (Å²) in [5.41, 5.74) is 7.38. The lowest BCUT2D eigenvalue weighted by atomic mass is 9.76. The number of halogens is 1. The monoisotopic (exact) mass is 753 g/mol. The van der Waals surface area contributed by atoms with Crippen LogP contribution < -0.4 is 24.6 Å². The van der Waals surface area contributed by atoms with Gasteiger partial charge in [0.2, 0.25) is 0 Å². The van der Waals surface area contributed by atoms with E-state index in [1.165, 1.54) is 22.9 Å². The number of carbonyl (C=O) groups excluding carboxylic acids is 3. The van der Waals surface area contributed by atoms with Crippen molar-refractivity contribution >= 4 is 51.2 Å². The van der Waals surface area contributed by atoms with Gasteiger partial charge in [0.05, 0.1) is 12.8 Å². The molecule has 8 rings (SSSR count). The molecule has 0 aliphatic carbocycles. The van der Waals surface area contributed by atoms with Crippen LogP contribution >= 0.6 is 15.9 Å². The van der Waals surface area contributed by atoms with E-state index in [1.807, 2.05) is 72.8 Å². The van der Waals surface area contributed by atoms with Crippen molar-refractivity contribution in [3.8, 4) is 11.5 Å². The minimum atomic E-state index is -0.781. The second kappa shape index (κ2) is 14.2. The van der Waals surface area contributed by atoms with Crippen LogP contribution in [0.5, 0.6) is 11.5 Å². The predicted molar refractivity (Wildman–Crippen MR) is 205 cm³/mol. The first-order valence-electron chi connectivity index (χ1n) is 17.4. The van der Waals surface area contributed by atoms with Gasteiger partial charge in [0.1, 0.15) is 23.7 Å². The van der Waals surface area contributed by atoms with Crippen LogP contribution in [0.2, 0.25) is 0 Å². The highest BCUT2D eigenvalue weighted by atomic mass is 79.9. The fourth-order valence-electron chi connectivity index (χ4n) is 7.64. The zero-order valence-electron chi connectivity index (χ0n) is 28.6. The number of nitrogens with one attached hydrogen (secondary N) is 1. The Morgan fingerprint density at radius 2 is 1.40 bits per heavy atom. The first-order valence-corrected chi connectivity index (χ1v) is 18.2. The van der Waals surface area contributed by atoms with Crippen LogP contribution in [0.3, 0.4) is 0 Å². The average Bonchev–Trinajstić information content (AvgIpc) is 3.17. The molecular formula is C43H36BrN3O5. The van der Waals surface area contributed by atoms with Crippen molar-refractivity contribution in [2.24, 2.45) is 0 Å². The summed E-state index contributed by atoms with van der Waals surface area (Å²) in [6, 6.07) is 36.9. The Balaban J connectivity index is 1.21. The summed E-state index contributed by atoms with van der Waals surface area (Å²) in [5.74, 6) is -0.340.